The molecule has 0 N–H and O–H groups in total. The molecular formula is CH3Cl6N3P3+. The van der Waals surface area contributed by atoms with E-state index in [1.54, 1.807) is 7.05 Å². The molecule has 0 aromatic rings. The predicted molar refractivity (Wildman–Crippen MR) is 68.5 cm³/mol. The van der Waals surface area contributed by atoms with Gasteiger partial charge in [0, 0.05) is 7.05 Å². The van der Waals surface area contributed by atoms with Crippen LogP contribution in [-0.2, 0) is 0 Å². The molecule has 0 unspecified atom stereocenters. The summed E-state index contributed by atoms with van der Waals surface area (Å²) in [5, 5.41) is 0. The zero-order valence-corrected chi connectivity index (χ0v) is 13.2. The minimum Gasteiger partial charge on any atom is -0.186 e. The first-order valence-electron chi connectivity index (χ1n) is 2.66. The smallest absolute Gasteiger partial charge is 0.186 e. The van der Waals surface area contributed by atoms with E-state index in [1.165, 1.54) is 4.44 Å². The Hall–Kier alpha value is 2.59. The lowest BCUT2D eigenvalue weighted by Crippen LogP contribution is -2.04. The SMILES string of the molecule is CN1P(Cl)(Cl)=NP(Cl)(Cl)=N[P+]1(Cl)Cl. The van der Waals surface area contributed by atoms with Crippen molar-refractivity contribution in [1.82, 2.24) is 4.44 Å². The maximum absolute atomic E-state index is 5.89. The summed E-state index contributed by atoms with van der Waals surface area (Å²) < 4.78 is 8.99. The van der Waals surface area contributed by atoms with Crippen LogP contribution in [0.2, 0.25) is 0 Å². The van der Waals surface area contributed by atoms with Crippen molar-refractivity contribution in [2.75, 3.05) is 7.05 Å². The van der Waals surface area contributed by atoms with E-state index in [0.29, 0.717) is 0 Å². The van der Waals surface area contributed by atoms with Crippen molar-refractivity contribution in [3.8, 4) is 0 Å². The van der Waals surface area contributed by atoms with Crippen molar-refractivity contribution in [3.05, 3.63) is 0 Å². The Kier molecular flexibility index (Phi) is 4.32. The van der Waals surface area contributed by atoms with E-state index in [0.717, 1.165) is 0 Å². The highest BCUT2D eigenvalue weighted by atomic mass is 35.9. The summed E-state index contributed by atoms with van der Waals surface area (Å²) in [6, 6.07) is 0. The Balaban J connectivity index is 3.34. The van der Waals surface area contributed by atoms with Gasteiger partial charge in [0.05, 0.1) is 0 Å². The minimum absolute atomic E-state index is 1.34. The predicted octanol–water partition coefficient (Wildman–Crippen LogP) is 6.93. The van der Waals surface area contributed by atoms with Crippen molar-refractivity contribution < 1.29 is 0 Å². The van der Waals surface area contributed by atoms with Crippen LogP contribution in [-0.4, -0.2) is 11.5 Å². The molecule has 0 saturated heterocycles. The van der Waals surface area contributed by atoms with Gasteiger partial charge in [-0.2, -0.15) is 4.52 Å². The molecule has 0 aliphatic carbocycles. The zero-order valence-electron chi connectivity index (χ0n) is 5.95. The summed E-state index contributed by atoms with van der Waals surface area (Å²) in [4.78, 5) is 0. The normalized spacial score (nSPS) is 30.4. The van der Waals surface area contributed by atoms with Crippen LogP contribution in [0.5, 0.6) is 0 Å². The van der Waals surface area contributed by atoms with Crippen LogP contribution < -0.4 is 0 Å². The van der Waals surface area contributed by atoms with Crippen molar-refractivity contribution >= 4 is 85.5 Å². The lowest BCUT2D eigenvalue weighted by molar-refractivity contribution is 0.902. The van der Waals surface area contributed by atoms with E-state index >= 15 is 0 Å². The highest BCUT2D eigenvalue weighted by Crippen LogP contribution is 2.94. The first kappa shape index (κ1) is 13.7. The van der Waals surface area contributed by atoms with Gasteiger partial charge in [-0.15, -0.1) is 0 Å². The van der Waals surface area contributed by atoms with Gasteiger partial charge in [0.1, 0.15) is 0 Å². The van der Waals surface area contributed by atoms with Crippen molar-refractivity contribution in [1.29, 1.82) is 0 Å². The molecule has 1 rings (SSSR count). The molecule has 0 aromatic carbocycles. The monoisotopic (exact) mass is 360 g/mol. The van der Waals surface area contributed by atoms with Gasteiger partial charge < -0.3 is 0 Å². The number of nitrogens with zero attached hydrogens (tertiary/aromatic N) is 3. The van der Waals surface area contributed by atoms with Crippen LogP contribution in [0.25, 0.3) is 0 Å². The van der Waals surface area contributed by atoms with E-state index in [4.69, 9.17) is 67.4 Å². The van der Waals surface area contributed by atoms with Gasteiger partial charge in [-0.1, -0.05) is 4.44 Å². The van der Waals surface area contributed by atoms with E-state index in [1.807, 2.05) is 0 Å². The molecule has 0 fully saturated rings. The standard InChI is InChI=1S/CH3Cl6N3P3/c1-10-12(4,5)8-11(2,3)9-13(10,6)7/h1H3/q+1. The number of hydrogen-bond donors (Lipinski definition) is 0. The summed E-state index contributed by atoms with van der Waals surface area (Å²) in [6.45, 7) is 0. The summed E-state index contributed by atoms with van der Waals surface area (Å²) in [7, 11) is 1.54. The quantitative estimate of drug-likeness (QED) is 0.429. The van der Waals surface area contributed by atoms with Gasteiger partial charge in [0.25, 0.3) is 5.91 Å². The second-order valence-electron chi connectivity index (χ2n) is 2.04. The van der Waals surface area contributed by atoms with Crippen LogP contribution in [0.15, 0.2) is 9.03 Å². The van der Waals surface area contributed by atoms with E-state index in [-0.39, 0.29) is 0 Å². The maximum Gasteiger partial charge on any atom is 0.408 e. The van der Waals surface area contributed by atoms with Gasteiger partial charge in [-0.25, -0.2) is 0 Å². The van der Waals surface area contributed by atoms with E-state index in [2.05, 4.69) is 9.03 Å². The van der Waals surface area contributed by atoms with Crippen LogP contribution in [0.1, 0.15) is 0 Å². The third kappa shape index (κ3) is 3.27. The van der Waals surface area contributed by atoms with Gasteiger partial charge in [-0.3, -0.25) is 0 Å². The molecule has 78 valence electrons. The van der Waals surface area contributed by atoms with Crippen molar-refractivity contribution in [3.63, 3.8) is 0 Å². The zero-order chi connectivity index (χ0) is 10.5. The summed E-state index contributed by atoms with van der Waals surface area (Å²) in [5.74, 6) is -5.68. The van der Waals surface area contributed by atoms with Crippen LogP contribution >= 0.6 is 85.5 Å². The van der Waals surface area contributed by atoms with Crippen LogP contribution in [0.4, 0.5) is 0 Å². The maximum atomic E-state index is 5.89. The Morgan fingerprint density at radius 1 is 1.15 bits per heavy atom. The lowest BCUT2D eigenvalue weighted by Gasteiger charge is -2.25. The molecule has 0 bridgehead atoms. The van der Waals surface area contributed by atoms with E-state index in [9.17, 15) is 0 Å². The summed E-state index contributed by atoms with van der Waals surface area (Å²) >= 11 is 35.0. The topological polar surface area (TPSA) is 28.0 Å². The lowest BCUT2D eigenvalue weighted by atomic mass is 11.6. The molecule has 0 atom stereocenters. The molecule has 13 heavy (non-hydrogen) atoms. The van der Waals surface area contributed by atoms with E-state index < -0.39 is 18.1 Å². The molecule has 12 heteroatoms. The fraction of sp³-hybridized carbons (Fsp3) is 1.00. The molecule has 0 saturated carbocycles. The molecule has 0 aromatic heterocycles. The van der Waals surface area contributed by atoms with Crippen LogP contribution in [0.3, 0.4) is 0 Å². The van der Waals surface area contributed by atoms with Crippen LogP contribution in [0, 0.1) is 0 Å². The fourth-order valence-corrected chi connectivity index (χ4v) is 20.0. The Labute approximate surface area is 105 Å². The molecule has 3 nitrogen and oxygen atoms in total. The van der Waals surface area contributed by atoms with Gasteiger partial charge >= 0.3 is 6.27 Å². The van der Waals surface area contributed by atoms with Gasteiger partial charge in [0.15, 0.2) is 22.5 Å². The number of hydrogen-bond acceptors (Lipinski definition) is 3. The first-order valence-corrected chi connectivity index (χ1v) is 13.2. The molecule has 0 amide bonds. The first-order chi connectivity index (χ1) is 5.57. The molecule has 0 radical (unpaired) electrons. The molecule has 0 spiro atoms. The van der Waals surface area contributed by atoms with Crippen molar-refractivity contribution in [2.24, 2.45) is 9.03 Å². The van der Waals surface area contributed by atoms with Gasteiger partial charge in [-0.05, 0) is 49.5 Å². The molecular weight excluding hydrogens is 360 g/mol. The Bertz CT molecular complexity index is 324. The average Bonchev–Trinajstić information content (AvgIpc) is 1.77. The second-order valence-corrected chi connectivity index (χ2v) is 17.8. The summed E-state index contributed by atoms with van der Waals surface area (Å²) in [5.41, 5.74) is 0. The van der Waals surface area contributed by atoms with Gasteiger partial charge in [0.2, 0.25) is 5.91 Å². The second kappa shape index (κ2) is 4.11. The molecule has 1 aliphatic rings. The third-order valence-electron chi connectivity index (χ3n) is 1.13. The molecule has 1 aliphatic heterocycles. The number of rotatable bonds is 0. The third-order valence-corrected chi connectivity index (χ3v) is 16.4. The molecule has 1 heterocycles. The Morgan fingerprint density at radius 2 is 1.62 bits per heavy atom. The number of halogens is 6. The highest BCUT2D eigenvalue weighted by Gasteiger charge is 2.54. The Morgan fingerprint density at radius 3 is 2.00 bits per heavy atom. The summed E-state index contributed by atoms with van der Waals surface area (Å²) in [6.07, 6.45) is -2.79. The largest absolute Gasteiger partial charge is 0.408 e. The average molecular weight is 363 g/mol. The van der Waals surface area contributed by atoms with Crippen molar-refractivity contribution in [2.45, 2.75) is 0 Å². The highest BCUT2D eigenvalue weighted by molar-refractivity contribution is 8.30. The fourth-order valence-electron chi connectivity index (χ4n) is 0.522. The minimum atomic E-state index is -2.89.